The van der Waals surface area contributed by atoms with Crippen molar-refractivity contribution >= 4 is 0 Å². The van der Waals surface area contributed by atoms with Crippen LogP contribution in [-0.4, -0.2) is 25.1 Å². The monoisotopic (exact) mass is 246 g/mol. The van der Waals surface area contributed by atoms with Gasteiger partial charge in [0, 0.05) is 6.04 Å². The normalized spacial score (nSPS) is 12.3. The first kappa shape index (κ1) is 14.7. The van der Waals surface area contributed by atoms with Crippen LogP contribution in [0.5, 0.6) is 0 Å². The molecule has 0 heterocycles. The molecule has 2 N–H and O–H groups in total. The Balaban J connectivity index is 2.61. The molecular formula is C15H22N2O. The molecule has 0 aliphatic rings. The quantitative estimate of drug-likeness (QED) is 0.435. The number of terminal acetylenes is 1. The number of nitrogens with two attached hydrogens (primary N) is 1. The second kappa shape index (κ2) is 8.71. The van der Waals surface area contributed by atoms with E-state index in [1.165, 1.54) is 5.56 Å². The lowest BCUT2D eigenvalue weighted by atomic mass is 10.00. The Labute approximate surface area is 110 Å². The minimum atomic E-state index is 0.361. The van der Waals surface area contributed by atoms with Crippen molar-refractivity contribution in [3.8, 4) is 12.3 Å². The molecule has 0 amide bonds. The van der Waals surface area contributed by atoms with E-state index in [0.717, 1.165) is 19.3 Å². The molecule has 0 aromatic heterocycles. The molecule has 0 saturated heterocycles. The van der Waals surface area contributed by atoms with Crippen LogP contribution < -0.4 is 5.90 Å². The highest BCUT2D eigenvalue weighted by molar-refractivity contribution is 5.19. The van der Waals surface area contributed by atoms with Crippen molar-refractivity contribution in [3.05, 3.63) is 35.9 Å². The smallest absolute Gasteiger partial charge is 0.0679 e. The van der Waals surface area contributed by atoms with Crippen molar-refractivity contribution in [2.75, 3.05) is 20.2 Å². The Morgan fingerprint density at radius 3 is 2.67 bits per heavy atom. The third kappa shape index (κ3) is 4.89. The molecule has 0 saturated carbocycles. The Kier molecular flexibility index (Phi) is 7.12. The summed E-state index contributed by atoms with van der Waals surface area (Å²) in [5, 5.41) is 0. The summed E-state index contributed by atoms with van der Waals surface area (Å²) in [6.45, 7) is 1.27. The van der Waals surface area contributed by atoms with Gasteiger partial charge < -0.3 is 4.84 Å². The van der Waals surface area contributed by atoms with Crippen LogP contribution >= 0.6 is 0 Å². The first-order valence-corrected chi connectivity index (χ1v) is 6.30. The highest BCUT2D eigenvalue weighted by atomic mass is 16.6. The molecule has 1 aromatic rings. The van der Waals surface area contributed by atoms with Gasteiger partial charge in [-0.05, 0) is 31.9 Å². The molecule has 0 aliphatic heterocycles. The van der Waals surface area contributed by atoms with Gasteiger partial charge in [0.1, 0.15) is 0 Å². The number of nitrogens with zero attached hydrogens (tertiary/aromatic N) is 1. The predicted octanol–water partition coefficient (Wildman–Crippen LogP) is 2.35. The van der Waals surface area contributed by atoms with Gasteiger partial charge in [0.25, 0.3) is 0 Å². The van der Waals surface area contributed by atoms with Gasteiger partial charge in [0.15, 0.2) is 0 Å². The van der Waals surface area contributed by atoms with Crippen LogP contribution in [0.1, 0.15) is 30.9 Å². The van der Waals surface area contributed by atoms with Gasteiger partial charge in [-0.25, -0.2) is 5.90 Å². The molecule has 0 aliphatic carbocycles. The molecule has 3 nitrogen and oxygen atoms in total. The van der Waals surface area contributed by atoms with Crippen LogP contribution in [0.15, 0.2) is 30.3 Å². The summed E-state index contributed by atoms with van der Waals surface area (Å²) in [7, 11) is 2.07. The molecule has 98 valence electrons. The molecule has 0 bridgehead atoms. The maximum Gasteiger partial charge on any atom is 0.0679 e. The zero-order chi connectivity index (χ0) is 13.2. The molecule has 1 atom stereocenters. The van der Waals surface area contributed by atoms with Crippen LogP contribution in [0, 0.1) is 12.3 Å². The van der Waals surface area contributed by atoms with E-state index in [0.29, 0.717) is 19.2 Å². The van der Waals surface area contributed by atoms with Gasteiger partial charge in [0.2, 0.25) is 0 Å². The standard InChI is InChI=1S/C15H22N2O/c1-3-12-17(2)15(11-7-8-13-18-16)14-9-5-4-6-10-14/h1,4-6,9-10,15H,7-8,11-13,16H2,2H3. The third-order valence-corrected chi connectivity index (χ3v) is 3.05. The van der Waals surface area contributed by atoms with Gasteiger partial charge in [0.05, 0.1) is 13.2 Å². The number of unbranched alkanes of at least 4 members (excludes halogenated alkanes) is 1. The molecule has 1 aromatic carbocycles. The lowest BCUT2D eigenvalue weighted by molar-refractivity contribution is 0.130. The van der Waals surface area contributed by atoms with Crippen molar-refractivity contribution in [1.82, 2.24) is 4.90 Å². The van der Waals surface area contributed by atoms with E-state index in [4.69, 9.17) is 12.3 Å². The van der Waals surface area contributed by atoms with E-state index in [9.17, 15) is 0 Å². The average Bonchev–Trinajstić information content (AvgIpc) is 2.40. The van der Waals surface area contributed by atoms with Crippen molar-refractivity contribution in [1.29, 1.82) is 0 Å². The van der Waals surface area contributed by atoms with Crippen molar-refractivity contribution in [2.24, 2.45) is 5.90 Å². The van der Waals surface area contributed by atoms with Crippen LogP contribution in [0.4, 0.5) is 0 Å². The van der Waals surface area contributed by atoms with Crippen molar-refractivity contribution in [2.45, 2.75) is 25.3 Å². The maximum atomic E-state index is 5.39. The number of benzene rings is 1. The topological polar surface area (TPSA) is 38.5 Å². The van der Waals surface area contributed by atoms with Gasteiger partial charge in [-0.1, -0.05) is 36.3 Å². The van der Waals surface area contributed by atoms with E-state index in [-0.39, 0.29) is 0 Å². The van der Waals surface area contributed by atoms with Crippen molar-refractivity contribution in [3.63, 3.8) is 0 Å². The minimum absolute atomic E-state index is 0.361. The molecule has 0 spiro atoms. The Bertz CT molecular complexity index is 359. The first-order valence-electron chi connectivity index (χ1n) is 6.30. The summed E-state index contributed by atoms with van der Waals surface area (Å²) in [4.78, 5) is 6.80. The zero-order valence-electron chi connectivity index (χ0n) is 11.0. The van der Waals surface area contributed by atoms with Gasteiger partial charge in [-0.2, -0.15) is 0 Å². The summed E-state index contributed by atoms with van der Waals surface area (Å²) in [5.74, 6) is 7.73. The molecule has 3 heteroatoms. The van der Waals surface area contributed by atoms with Gasteiger partial charge in [-0.15, -0.1) is 6.42 Å². The van der Waals surface area contributed by atoms with E-state index < -0.39 is 0 Å². The summed E-state index contributed by atoms with van der Waals surface area (Å²) >= 11 is 0. The van der Waals surface area contributed by atoms with E-state index in [1.54, 1.807) is 0 Å². The van der Waals surface area contributed by atoms with Crippen LogP contribution in [-0.2, 0) is 4.84 Å². The summed E-state index contributed by atoms with van der Waals surface area (Å²) in [6.07, 6.45) is 8.51. The highest BCUT2D eigenvalue weighted by Gasteiger charge is 2.15. The van der Waals surface area contributed by atoms with E-state index >= 15 is 0 Å². The lowest BCUT2D eigenvalue weighted by Gasteiger charge is -2.27. The average molecular weight is 246 g/mol. The molecule has 1 unspecified atom stereocenters. The molecule has 1 rings (SSSR count). The highest BCUT2D eigenvalue weighted by Crippen LogP contribution is 2.24. The summed E-state index contributed by atoms with van der Waals surface area (Å²) < 4.78 is 0. The Hall–Kier alpha value is -1.34. The van der Waals surface area contributed by atoms with Crippen LogP contribution in [0.25, 0.3) is 0 Å². The van der Waals surface area contributed by atoms with E-state index in [1.807, 2.05) is 6.07 Å². The lowest BCUT2D eigenvalue weighted by Crippen LogP contribution is -2.25. The minimum Gasteiger partial charge on any atom is -0.305 e. The van der Waals surface area contributed by atoms with Crippen LogP contribution in [0.3, 0.4) is 0 Å². The predicted molar refractivity (Wildman–Crippen MR) is 74.6 cm³/mol. The second-order valence-corrected chi connectivity index (χ2v) is 4.41. The number of hydrogen-bond donors (Lipinski definition) is 1. The maximum absolute atomic E-state index is 5.39. The summed E-state index contributed by atoms with van der Waals surface area (Å²) in [5.41, 5.74) is 1.31. The zero-order valence-corrected chi connectivity index (χ0v) is 11.0. The fraction of sp³-hybridized carbons (Fsp3) is 0.467. The first-order chi connectivity index (χ1) is 8.79. The number of rotatable bonds is 8. The fourth-order valence-corrected chi connectivity index (χ4v) is 2.09. The molecule has 0 radical (unpaired) electrons. The second-order valence-electron chi connectivity index (χ2n) is 4.41. The molecule has 0 fully saturated rings. The van der Waals surface area contributed by atoms with Crippen LogP contribution in [0.2, 0.25) is 0 Å². The SMILES string of the molecule is C#CCN(C)C(CCCCON)c1ccccc1. The molecule has 18 heavy (non-hydrogen) atoms. The Morgan fingerprint density at radius 2 is 2.06 bits per heavy atom. The Morgan fingerprint density at radius 1 is 1.33 bits per heavy atom. The van der Waals surface area contributed by atoms with Gasteiger partial charge >= 0.3 is 0 Å². The third-order valence-electron chi connectivity index (χ3n) is 3.05. The largest absolute Gasteiger partial charge is 0.305 e. The fourth-order valence-electron chi connectivity index (χ4n) is 2.09. The summed E-state index contributed by atoms with van der Waals surface area (Å²) in [6, 6.07) is 10.8. The molecular weight excluding hydrogens is 224 g/mol. The van der Waals surface area contributed by atoms with E-state index in [2.05, 4.69) is 47.0 Å². The van der Waals surface area contributed by atoms with Gasteiger partial charge in [-0.3, -0.25) is 4.90 Å². The van der Waals surface area contributed by atoms with Crippen molar-refractivity contribution < 1.29 is 4.84 Å². The number of hydrogen-bond acceptors (Lipinski definition) is 3.